The lowest BCUT2D eigenvalue weighted by molar-refractivity contribution is -0.132. The van der Waals surface area contributed by atoms with Gasteiger partial charge in [0, 0.05) is 31.2 Å². The van der Waals surface area contributed by atoms with E-state index in [4.69, 9.17) is 11.6 Å². The van der Waals surface area contributed by atoms with Crippen molar-refractivity contribution < 1.29 is 4.79 Å². The van der Waals surface area contributed by atoms with Gasteiger partial charge in [0.2, 0.25) is 11.1 Å². The van der Waals surface area contributed by atoms with E-state index in [1.54, 1.807) is 16.8 Å². The van der Waals surface area contributed by atoms with E-state index < -0.39 is 0 Å². The van der Waals surface area contributed by atoms with Gasteiger partial charge in [-0.05, 0) is 48.2 Å². The lowest BCUT2D eigenvalue weighted by Crippen LogP contribution is -2.50. The molecule has 1 amide bonds. The number of thioether (sulfide) groups is 1. The first-order chi connectivity index (χ1) is 12.1. The highest BCUT2D eigenvalue weighted by Gasteiger charge is 2.26. The molecule has 3 rings (SSSR count). The third-order valence-electron chi connectivity index (χ3n) is 4.27. The van der Waals surface area contributed by atoms with Gasteiger partial charge in [0.05, 0.1) is 10.9 Å². The van der Waals surface area contributed by atoms with Crippen LogP contribution in [0.25, 0.3) is 5.69 Å². The summed E-state index contributed by atoms with van der Waals surface area (Å²) in [6, 6.07) is 7.27. The Morgan fingerprint density at radius 3 is 2.56 bits per heavy atom. The predicted molar refractivity (Wildman–Crippen MR) is 98.2 cm³/mol. The summed E-state index contributed by atoms with van der Waals surface area (Å²) >= 11 is 7.30. The average Bonchev–Trinajstić information content (AvgIpc) is 3.10. The summed E-state index contributed by atoms with van der Waals surface area (Å²) in [6.45, 7) is 8.50. The van der Waals surface area contributed by atoms with Crippen molar-refractivity contribution in [2.24, 2.45) is 0 Å². The maximum absolute atomic E-state index is 12.7. The first-order valence-electron chi connectivity index (χ1n) is 8.30. The molecule has 1 aromatic heterocycles. The van der Waals surface area contributed by atoms with Crippen LogP contribution in [-0.2, 0) is 4.79 Å². The Morgan fingerprint density at radius 1 is 1.24 bits per heavy atom. The Labute approximate surface area is 156 Å². The molecule has 2 heterocycles. The van der Waals surface area contributed by atoms with Gasteiger partial charge in [-0.25, -0.2) is 0 Å². The topological polar surface area (TPSA) is 67.2 Å². The van der Waals surface area contributed by atoms with Gasteiger partial charge in [-0.1, -0.05) is 30.3 Å². The normalized spacial score (nSPS) is 16.8. The van der Waals surface area contributed by atoms with E-state index in [-0.39, 0.29) is 11.2 Å². The molecule has 7 nitrogen and oxygen atoms in total. The number of carbonyl (C=O) groups excluding carboxylic acids is 1. The van der Waals surface area contributed by atoms with Crippen LogP contribution < -0.4 is 0 Å². The van der Waals surface area contributed by atoms with Crippen molar-refractivity contribution in [3.05, 3.63) is 29.3 Å². The van der Waals surface area contributed by atoms with Crippen molar-refractivity contribution >= 4 is 29.3 Å². The number of benzene rings is 1. The maximum atomic E-state index is 12.7. The second kappa shape index (κ2) is 8.16. The van der Waals surface area contributed by atoms with E-state index in [1.807, 2.05) is 24.0 Å². The fourth-order valence-corrected chi connectivity index (χ4v) is 3.76. The molecular weight excluding hydrogens is 360 g/mol. The number of hydrogen-bond donors (Lipinski definition) is 0. The zero-order valence-electron chi connectivity index (χ0n) is 14.3. The Kier molecular flexibility index (Phi) is 5.93. The van der Waals surface area contributed by atoms with Crippen molar-refractivity contribution in [1.82, 2.24) is 30.0 Å². The van der Waals surface area contributed by atoms with Crippen LogP contribution in [0.2, 0.25) is 5.02 Å². The van der Waals surface area contributed by atoms with Crippen LogP contribution in [0.15, 0.2) is 29.4 Å². The second-order valence-corrected chi connectivity index (χ2v) is 7.61. The van der Waals surface area contributed by atoms with Gasteiger partial charge in [0.15, 0.2) is 0 Å². The lowest BCUT2D eigenvalue weighted by Gasteiger charge is -2.35. The molecule has 1 aliphatic heterocycles. The van der Waals surface area contributed by atoms with Crippen molar-refractivity contribution in [1.29, 1.82) is 0 Å². The molecule has 0 spiro atoms. The highest BCUT2D eigenvalue weighted by Crippen LogP contribution is 2.25. The molecule has 0 aliphatic carbocycles. The third kappa shape index (κ3) is 4.31. The summed E-state index contributed by atoms with van der Waals surface area (Å²) in [5, 5.41) is 12.8. The summed E-state index contributed by atoms with van der Waals surface area (Å²) in [6.07, 6.45) is 0. The molecule has 0 bridgehead atoms. The van der Waals surface area contributed by atoms with Crippen molar-refractivity contribution in [2.75, 3.05) is 32.7 Å². The summed E-state index contributed by atoms with van der Waals surface area (Å²) in [5.74, 6) is 0.131. The van der Waals surface area contributed by atoms with Gasteiger partial charge in [-0.3, -0.25) is 4.79 Å². The molecule has 1 aromatic carbocycles. The number of carbonyl (C=O) groups is 1. The van der Waals surface area contributed by atoms with Gasteiger partial charge in [0.1, 0.15) is 0 Å². The first kappa shape index (κ1) is 18.2. The predicted octanol–water partition coefficient (Wildman–Crippen LogP) is 1.96. The van der Waals surface area contributed by atoms with E-state index in [1.165, 1.54) is 11.8 Å². The quantitative estimate of drug-likeness (QED) is 0.739. The molecule has 134 valence electrons. The van der Waals surface area contributed by atoms with Crippen LogP contribution in [0.5, 0.6) is 0 Å². The van der Waals surface area contributed by atoms with Crippen LogP contribution in [0.1, 0.15) is 13.8 Å². The number of tetrazole rings is 1. The Bertz CT molecular complexity index is 714. The Hall–Kier alpha value is -1.64. The largest absolute Gasteiger partial charge is 0.339 e. The first-order valence-corrected chi connectivity index (χ1v) is 9.56. The van der Waals surface area contributed by atoms with E-state index in [0.29, 0.717) is 10.2 Å². The Balaban J connectivity index is 1.65. The molecule has 1 aliphatic rings. The zero-order valence-corrected chi connectivity index (χ0v) is 15.9. The summed E-state index contributed by atoms with van der Waals surface area (Å²) < 4.78 is 1.62. The molecule has 0 N–H and O–H groups in total. The average molecular weight is 381 g/mol. The van der Waals surface area contributed by atoms with Gasteiger partial charge < -0.3 is 9.80 Å². The SMILES string of the molecule is CCN1CCN(C(=O)[C@@H](C)Sc2nnnn2-c2ccc(Cl)cc2)CC1. The Morgan fingerprint density at radius 2 is 1.92 bits per heavy atom. The van der Waals surface area contributed by atoms with Crippen molar-refractivity contribution in [2.45, 2.75) is 24.3 Å². The van der Waals surface area contributed by atoms with Crippen LogP contribution >= 0.6 is 23.4 Å². The second-order valence-electron chi connectivity index (χ2n) is 5.87. The zero-order chi connectivity index (χ0) is 17.8. The number of hydrogen-bond acceptors (Lipinski definition) is 6. The summed E-state index contributed by atoms with van der Waals surface area (Å²) in [4.78, 5) is 17.0. The number of nitrogens with zero attached hydrogens (tertiary/aromatic N) is 6. The van der Waals surface area contributed by atoms with E-state index in [9.17, 15) is 4.79 Å². The summed E-state index contributed by atoms with van der Waals surface area (Å²) in [5.41, 5.74) is 0.813. The van der Waals surface area contributed by atoms with Crippen molar-refractivity contribution in [3.8, 4) is 5.69 Å². The lowest BCUT2D eigenvalue weighted by atomic mass is 10.3. The number of rotatable bonds is 5. The number of halogens is 1. The molecule has 9 heteroatoms. The van der Waals surface area contributed by atoms with Crippen LogP contribution in [0, 0.1) is 0 Å². The van der Waals surface area contributed by atoms with E-state index in [2.05, 4.69) is 27.3 Å². The van der Waals surface area contributed by atoms with Crippen LogP contribution in [-0.4, -0.2) is 73.9 Å². The molecule has 1 saturated heterocycles. The highest BCUT2D eigenvalue weighted by molar-refractivity contribution is 8.00. The van der Waals surface area contributed by atoms with E-state index in [0.717, 1.165) is 38.4 Å². The molecule has 25 heavy (non-hydrogen) atoms. The van der Waals surface area contributed by atoms with Gasteiger partial charge in [-0.15, -0.1) is 5.10 Å². The molecule has 0 radical (unpaired) electrons. The highest BCUT2D eigenvalue weighted by atomic mass is 35.5. The molecule has 0 saturated carbocycles. The standard InChI is InChI=1S/C16H21ClN6OS/c1-3-21-8-10-22(11-9-21)15(24)12(2)25-16-18-19-20-23(16)14-6-4-13(17)5-7-14/h4-7,12H,3,8-11H2,1-2H3/t12-/m1/s1. The summed E-state index contributed by atoms with van der Waals surface area (Å²) in [7, 11) is 0. The smallest absolute Gasteiger partial charge is 0.235 e. The number of likely N-dealkylation sites (N-methyl/N-ethyl adjacent to an activating group) is 1. The minimum atomic E-state index is -0.245. The number of piperazine rings is 1. The molecular formula is C16H21ClN6OS. The minimum absolute atomic E-state index is 0.131. The molecule has 1 atom stereocenters. The van der Waals surface area contributed by atoms with Crippen LogP contribution in [0.3, 0.4) is 0 Å². The van der Waals surface area contributed by atoms with Gasteiger partial charge in [0.25, 0.3) is 0 Å². The monoisotopic (exact) mass is 380 g/mol. The van der Waals surface area contributed by atoms with E-state index >= 15 is 0 Å². The maximum Gasteiger partial charge on any atom is 0.235 e. The van der Waals surface area contributed by atoms with Gasteiger partial charge in [-0.2, -0.15) is 4.68 Å². The molecule has 2 aromatic rings. The van der Waals surface area contributed by atoms with Crippen LogP contribution in [0.4, 0.5) is 0 Å². The fraction of sp³-hybridized carbons (Fsp3) is 0.500. The fourth-order valence-electron chi connectivity index (χ4n) is 2.75. The van der Waals surface area contributed by atoms with Gasteiger partial charge >= 0.3 is 0 Å². The third-order valence-corrected chi connectivity index (χ3v) is 5.55. The number of aromatic nitrogens is 4. The molecule has 1 fully saturated rings. The molecule has 0 unspecified atom stereocenters. The number of amides is 1. The van der Waals surface area contributed by atoms with Crippen molar-refractivity contribution in [3.63, 3.8) is 0 Å². The minimum Gasteiger partial charge on any atom is -0.339 e.